The van der Waals surface area contributed by atoms with Gasteiger partial charge in [-0.1, -0.05) is 0 Å². The zero-order chi connectivity index (χ0) is 17.3. The van der Waals surface area contributed by atoms with Crippen molar-refractivity contribution >= 4 is 40.6 Å². The topological polar surface area (TPSA) is 130 Å². The molecular formula is C14H6N4O5S. The van der Waals surface area contributed by atoms with Crippen molar-refractivity contribution in [2.75, 3.05) is 4.90 Å². The average molecular weight is 342 g/mol. The van der Waals surface area contributed by atoms with E-state index in [0.29, 0.717) is 11.8 Å². The van der Waals surface area contributed by atoms with E-state index in [1.807, 2.05) is 6.07 Å². The maximum Gasteiger partial charge on any atom is 0.433 e. The van der Waals surface area contributed by atoms with Crippen LogP contribution in [0.4, 0.5) is 16.4 Å². The molecule has 0 aliphatic carbocycles. The van der Waals surface area contributed by atoms with Crippen LogP contribution in [-0.2, 0) is 4.79 Å². The Morgan fingerprint density at radius 1 is 1.33 bits per heavy atom. The average Bonchev–Trinajstić information content (AvgIpc) is 3.13. The van der Waals surface area contributed by atoms with Gasteiger partial charge in [0.1, 0.15) is 22.4 Å². The summed E-state index contributed by atoms with van der Waals surface area (Å²) in [5, 5.41) is 18.8. The summed E-state index contributed by atoms with van der Waals surface area (Å²) in [5.41, 5.74) is 0.384. The van der Waals surface area contributed by atoms with Gasteiger partial charge in [0.25, 0.3) is 11.1 Å². The molecule has 24 heavy (non-hydrogen) atoms. The molecule has 0 N–H and O–H groups in total. The van der Waals surface area contributed by atoms with E-state index < -0.39 is 22.0 Å². The van der Waals surface area contributed by atoms with Crippen LogP contribution in [0.3, 0.4) is 0 Å². The molecule has 0 radical (unpaired) electrons. The van der Waals surface area contributed by atoms with Gasteiger partial charge in [0.15, 0.2) is 0 Å². The molecule has 1 aliphatic heterocycles. The fraction of sp³-hybridized carbons (Fsp3) is 0. The minimum Gasteiger partial charge on any atom is -0.401 e. The Hall–Kier alpha value is -3.45. The largest absolute Gasteiger partial charge is 0.433 e. The van der Waals surface area contributed by atoms with Crippen LogP contribution in [0.15, 0.2) is 39.8 Å². The first-order chi connectivity index (χ1) is 11.5. The van der Waals surface area contributed by atoms with Gasteiger partial charge < -0.3 is 4.42 Å². The van der Waals surface area contributed by atoms with E-state index in [0.717, 1.165) is 11.0 Å². The highest BCUT2D eigenvalue weighted by Crippen LogP contribution is 2.35. The Kier molecular flexibility index (Phi) is 3.85. The molecule has 3 rings (SSSR count). The van der Waals surface area contributed by atoms with Gasteiger partial charge in [0.05, 0.1) is 22.9 Å². The van der Waals surface area contributed by atoms with Gasteiger partial charge in [-0.15, -0.1) is 0 Å². The van der Waals surface area contributed by atoms with Crippen LogP contribution in [0.25, 0.3) is 6.08 Å². The van der Waals surface area contributed by atoms with Crippen LogP contribution in [0.1, 0.15) is 11.5 Å². The van der Waals surface area contributed by atoms with Gasteiger partial charge in [-0.2, -0.15) is 5.26 Å². The smallest absolute Gasteiger partial charge is 0.401 e. The minimum atomic E-state index is -0.703. The molecular weight excluding hydrogens is 336 g/mol. The summed E-state index contributed by atoms with van der Waals surface area (Å²) in [6.07, 6.45) is 2.50. The molecule has 1 fully saturated rings. The number of thioether (sulfide) groups is 1. The van der Waals surface area contributed by atoms with Gasteiger partial charge in [0.2, 0.25) is 0 Å². The highest BCUT2D eigenvalue weighted by atomic mass is 32.2. The van der Waals surface area contributed by atoms with Crippen LogP contribution in [0.5, 0.6) is 0 Å². The highest BCUT2D eigenvalue weighted by molar-refractivity contribution is 8.19. The van der Waals surface area contributed by atoms with Gasteiger partial charge in [-0.3, -0.25) is 19.7 Å². The second-order valence-corrected chi connectivity index (χ2v) is 5.46. The van der Waals surface area contributed by atoms with Crippen molar-refractivity contribution in [1.82, 2.24) is 4.98 Å². The van der Waals surface area contributed by atoms with Crippen molar-refractivity contribution in [2.24, 2.45) is 0 Å². The number of hydrogen-bond donors (Lipinski definition) is 0. The third kappa shape index (κ3) is 2.75. The summed E-state index contributed by atoms with van der Waals surface area (Å²) in [6.45, 7) is 0. The SMILES string of the molecule is N#Cc1ccc(N2C(=O)S/C(=C\c3ccc([N+](=O)[O-])o3)C2=O)cn1. The van der Waals surface area contributed by atoms with E-state index in [2.05, 4.69) is 4.98 Å². The van der Waals surface area contributed by atoms with Crippen LogP contribution in [0.2, 0.25) is 0 Å². The molecule has 10 heteroatoms. The minimum absolute atomic E-state index is 0.0635. The number of aromatic nitrogens is 1. The Morgan fingerprint density at radius 3 is 2.71 bits per heavy atom. The second-order valence-electron chi connectivity index (χ2n) is 4.46. The zero-order valence-electron chi connectivity index (χ0n) is 11.7. The summed E-state index contributed by atoms with van der Waals surface area (Å²) < 4.78 is 4.94. The molecule has 0 bridgehead atoms. The number of pyridine rings is 1. The van der Waals surface area contributed by atoms with E-state index in [4.69, 9.17) is 9.68 Å². The number of anilines is 1. The number of carbonyl (C=O) groups is 2. The van der Waals surface area contributed by atoms with Crippen molar-refractivity contribution in [1.29, 1.82) is 5.26 Å². The molecule has 0 unspecified atom stereocenters. The van der Waals surface area contributed by atoms with Crippen molar-refractivity contribution in [2.45, 2.75) is 0 Å². The summed E-state index contributed by atoms with van der Waals surface area (Å²) in [6, 6.07) is 7.14. The van der Waals surface area contributed by atoms with Crippen LogP contribution in [0, 0.1) is 21.4 Å². The molecule has 1 aliphatic rings. The van der Waals surface area contributed by atoms with E-state index in [1.54, 1.807) is 0 Å². The molecule has 2 aromatic rings. The molecule has 0 saturated carbocycles. The number of furan rings is 1. The normalized spacial score (nSPS) is 15.8. The molecule has 9 nitrogen and oxygen atoms in total. The first-order valence-electron chi connectivity index (χ1n) is 6.38. The van der Waals surface area contributed by atoms with Gasteiger partial charge in [-0.25, -0.2) is 9.88 Å². The van der Waals surface area contributed by atoms with Crippen LogP contribution in [-0.4, -0.2) is 21.1 Å². The fourth-order valence-electron chi connectivity index (χ4n) is 1.92. The lowest BCUT2D eigenvalue weighted by molar-refractivity contribution is -0.402. The Balaban J connectivity index is 1.89. The fourth-order valence-corrected chi connectivity index (χ4v) is 2.74. The number of hydrogen-bond acceptors (Lipinski definition) is 8. The summed E-state index contributed by atoms with van der Waals surface area (Å²) in [5.74, 6) is -0.975. The standard InChI is InChI=1S/C14H6N4O5S/c15-6-8-1-2-9(7-16-8)17-13(19)11(24-14(17)20)5-10-3-4-12(23-10)18(21)22/h1-5,7H/b11-5-. The van der Waals surface area contributed by atoms with E-state index in [1.165, 1.54) is 30.5 Å². The first kappa shape index (κ1) is 15.4. The van der Waals surface area contributed by atoms with Gasteiger partial charge in [0, 0.05) is 6.08 Å². The van der Waals surface area contributed by atoms with E-state index >= 15 is 0 Å². The van der Waals surface area contributed by atoms with Gasteiger partial charge in [-0.05, 0) is 30.0 Å². The van der Waals surface area contributed by atoms with Crippen molar-refractivity contribution in [3.8, 4) is 6.07 Å². The maximum absolute atomic E-state index is 12.4. The van der Waals surface area contributed by atoms with Crippen molar-refractivity contribution in [3.63, 3.8) is 0 Å². The summed E-state index contributed by atoms with van der Waals surface area (Å²) in [7, 11) is 0. The van der Waals surface area contributed by atoms with Gasteiger partial charge >= 0.3 is 5.88 Å². The third-order valence-electron chi connectivity index (χ3n) is 2.98. The number of carbonyl (C=O) groups excluding carboxylic acids is 2. The highest BCUT2D eigenvalue weighted by Gasteiger charge is 2.36. The van der Waals surface area contributed by atoms with Crippen LogP contribution >= 0.6 is 11.8 Å². The van der Waals surface area contributed by atoms with E-state index in [9.17, 15) is 19.7 Å². The predicted molar refractivity (Wildman–Crippen MR) is 82.8 cm³/mol. The Morgan fingerprint density at radius 2 is 2.12 bits per heavy atom. The Bertz CT molecular complexity index is 925. The summed E-state index contributed by atoms with van der Waals surface area (Å²) in [4.78, 5) is 39.1. The molecule has 1 saturated heterocycles. The molecule has 3 heterocycles. The first-order valence-corrected chi connectivity index (χ1v) is 7.19. The van der Waals surface area contributed by atoms with Crippen molar-refractivity contribution < 1.29 is 18.9 Å². The lowest BCUT2D eigenvalue weighted by atomic mass is 10.3. The lowest BCUT2D eigenvalue weighted by Crippen LogP contribution is -2.27. The van der Waals surface area contributed by atoms with E-state index in [-0.39, 0.29) is 22.0 Å². The molecule has 0 atom stereocenters. The molecule has 118 valence electrons. The monoisotopic (exact) mass is 342 g/mol. The molecule has 0 spiro atoms. The van der Waals surface area contributed by atoms with Crippen LogP contribution < -0.4 is 4.90 Å². The second kappa shape index (κ2) is 5.98. The third-order valence-corrected chi connectivity index (χ3v) is 3.85. The lowest BCUT2D eigenvalue weighted by Gasteiger charge is -2.11. The number of nitro groups is 1. The predicted octanol–water partition coefficient (Wildman–Crippen LogP) is 2.70. The zero-order valence-corrected chi connectivity index (χ0v) is 12.5. The molecule has 2 aromatic heterocycles. The molecule has 0 aromatic carbocycles. The molecule has 2 amide bonds. The van der Waals surface area contributed by atoms with Crippen molar-refractivity contribution in [3.05, 3.63) is 56.9 Å². The number of rotatable bonds is 3. The number of nitriles is 1. The quantitative estimate of drug-likeness (QED) is 0.472. The Labute approximate surface area is 138 Å². The number of amides is 2. The number of nitrogens with zero attached hydrogens (tertiary/aromatic N) is 4. The number of imide groups is 1. The maximum atomic E-state index is 12.4. The summed E-state index contributed by atoms with van der Waals surface area (Å²) >= 11 is 0.675.